The SMILES string of the molecule is O=C(ONCc1ccccc1)N1CCN(Cc2ccc3c(c2)OCO3)CC1. The number of fused-ring (bicyclic) bond motifs is 1. The zero-order valence-corrected chi connectivity index (χ0v) is 15.1. The van der Waals surface area contributed by atoms with Crippen molar-refractivity contribution >= 4 is 6.09 Å². The van der Waals surface area contributed by atoms with Crippen molar-refractivity contribution in [2.24, 2.45) is 0 Å². The molecule has 0 unspecified atom stereocenters. The minimum absolute atomic E-state index is 0.290. The number of carbonyl (C=O) groups excluding carboxylic acids is 1. The van der Waals surface area contributed by atoms with Crippen molar-refractivity contribution in [2.45, 2.75) is 13.1 Å². The van der Waals surface area contributed by atoms with Gasteiger partial charge in [-0.05, 0) is 23.3 Å². The predicted octanol–water partition coefficient (Wildman–Crippen LogP) is 2.37. The van der Waals surface area contributed by atoms with Gasteiger partial charge >= 0.3 is 6.09 Å². The third-order valence-corrected chi connectivity index (χ3v) is 4.75. The van der Waals surface area contributed by atoms with Crippen LogP contribution in [0.25, 0.3) is 0 Å². The first kappa shape index (κ1) is 17.6. The lowest BCUT2D eigenvalue weighted by molar-refractivity contribution is 0.0364. The van der Waals surface area contributed by atoms with Crippen LogP contribution in [0.5, 0.6) is 11.5 Å². The number of hydrogen-bond donors (Lipinski definition) is 1. The summed E-state index contributed by atoms with van der Waals surface area (Å²) in [6.45, 7) is 4.53. The van der Waals surface area contributed by atoms with Gasteiger partial charge in [-0.15, -0.1) is 5.48 Å². The Hall–Kier alpha value is -2.77. The molecule has 0 atom stereocenters. The molecule has 1 amide bonds. The Morgan fingerprint density at radius 3 is 2.56 bits per heavy atom. The van der Waals surface area contributed by atoms with Gasteiger partial charge in [0.25, 0.3) is 0 Å². The van der Waals surface area contributed by atoms with Crippen LogP contribution in [0.2, 0.25) is 0 Å². The second-order valence-corrected chi connectivity index (χ2v) is 6.63. The van der Waals surface area contributed by atoms with Crippen molar-refractivity contribution in [3.8, 4) is 11.5 Å². The van der Waals surface area contributed by atoms with Crippen LogP contribution >= 0.6 is 0 Å². The number of nitrogens with one attached hydrogen (secondary N) is 1. The number of amides is 1. The van der Waals surface area contributed by atoms with Crippen molar-refractivity contribution in [3.63, 3.8) is 0 Å². The summed E-state index contributed by atoms with van der Waals surface area (Å²) in [7, 11) is 0. The lowest BCUT2D eigenvalue weighted by Crippen LogP contribution is -2.49. The number of hydrogen-bond acceptors (Lipinski definition) is 6. The molecule has 142 valence electrons. The third kappa shape index (κ3) is 4.50. The molecular weight excluding hydrogens is 346 g/mol. The predicted molar refractivity (Wildman–Crippen MR) is 99.2 cm³/mol. The fourth-order valence-corrected chi connectivity index (χ4v) is 3.23. The van der Waals surface area contributed by atoms with Crippen LogP contribution in [-0.4, -0.2) is 48.9 Å². The molecule has 1 fully saturated rings. The Morgan fingerprint density at radius 1 is 0.963 bits per heavy atom. The maximum atomic E-state index is 12.2. The van der Waals surface area contributed by atoms with E-state index in [-0.39, 0.29) is 12.9 Å². The highest BCUT2D eigenvalue weighted by Gasteiger charge is 2.23. The Bertz CT molecular complexity index is 776. The summed E-state index contributed by atoms with van der Waals surface area (Å²) >= 11 is 0. The summed E-state index contributed by atoms with van der Waals surface area (Å²) in [6.07, 6.45) is -0.325. The summed E-state index contributed by atoms with van der Waals surface area (Å²) in [5.74, 6) is 1.61. The van der Waals surface area contributed by atoms with Crippen molar-refractivity contribution in [1.82, 2.24) is 15.3 Å². The van der Waals surface area contributed by atoms with Gasteiger partial charge in [0.05, 0.1) is 6.54 Å². The van der Waals surface area contributed by atoms with Gasteiger partial charge in [-0.3, -0.25) is 4.90 Å². The van der Waals surface area contributed by atoms with E-state index in [4.69, 9.17) is 14.3 Å². The maximum Gasteiger partial charge on any atom is 0.428 e. The molecule has 1 N–H and O–H groups in total. The first-order valence-corrected chi connectivity index (χ1v) is 9.11. The molecule has 2 aliphatic heterocycles. The summed E-state index contributed by atoms with van der Waals surface area (Å²) < 4.78 is 10.8. The molecule has 7 nitrogen and oxygen atoms in total. The van der Waals surface area contributed by atoms with Gasteiger partial charge in [0.2, 0.25) is 6.79 Å². The molecule has 2 heterocycles. The molecule has 0 saturated carbocycles. The van der Waals surface area contributed by atoms with Crippen LogP contribution in [0.3, 0.4) is 0 Å². The van der Waals surface area contributed by atoms with Crippen LogP contribution in [0.4, 0.5) is 4.79 Å². The van der Waals surface area contributed by atoms with E-state index in [0.29, 0.717) is 19.6 Å². The van der Waals surface area contributed by atoms with Crippen LogP contribution in [0, 0.1) is 0 Å². The fraction of sp³-hybridized carbons (Fsp3) is 0.350. The van der Waals surface area contributed by atoms with Crippen LogP contribution < -0.4 is 15.0 Å². The lowest BCUT2D eigenvalue weighted by atomic mass is 10.1. The minimum Gasteiger partial charge on any atom is -0.454 e. The highest BCUT2D eigenvalue weighted by molar-refractivity contribution is 5.67. The Kier molecular flexibility index (Phi) is 5.41. The van der Waals surface area contributed by atoms with Gasteiger partial charge in [0.15, 0.2) is 11.5 Å². The zero-order chi connectivity index (χ0) is 18.5. The fourth-order valence-electron chi connectivity index (χ4n) is 3.23. The average Bonchev–Trinajstić information content (AvgIpc) is 3.17. The second kappa shape index (κ2) is 8.28. The molecule has 2 aromatic rings. The highest BCUT2D eigenvalue weighted by atomic mass is 16.7. The first-order chi connectivity index (χ1) is 13.3. The number of hydroxylamine groups is 1. The summed E-state index contributed by atoms with van der Waals surface area (Å²) in [4.78, 5) is 21.4. The van der Waals surface area contributed by atoms with Gasteiger partial charge in [0.1, 0.15) is 0 Å². The quantitative estimate of drug-likeness (QED) is 0.817. The molecular formula is C20H23N3O4. The molecule has 2 aromatic carbocycles. The van der Waals surface area contributed by atoms with Crippen molar-refractivity contribution in [3.05, 3.63) is 59.7 Å². The van der Waals surface area contributed by atoms with Crippen molar-refractivity contribution < 1.29 is 19.1 Å². The van der Waals surface area contributed by atoms with Gasteiger partial charge < -0.3 is 19.2 Å². The number of nitrogens with zero attached hydrogens (tertiary/aromatic N) is 2. The molecule has 1 saturated heterocycles. The van der Waals surface area contributed by atoms with E-state index in [2.05, 4.69) is 16.4 Å². The number of piperazine rings is 1. The van der Waals surface area contributed by atoms with E-state index >= 15 is 0 Å². The van der Waals surface area contributed by atoms with E-state index < -0.39 is 0 Å². The number of ether oxygens (including phenoxy) is 2. The molecule has 27 heavy (non-hydrogen) atoms. The van der Waals surface area contributed by atoms with Crippen molar-refractivity contribution in [1.29, 1.82) is 0 Å². The molecule has 7 heteroatoms. The Balaban J connectivity index is 1.20. The monoisotopic (exact) mass is 369 g/mol. The van der Waals surface area contributed by atoms with Crippen LogP contribution in [0.1, 0.15) is 11.1 Å². The molecule has 4 rings (SSSR count). The average molecular weight is 369 g/mol. The highest BCUT2D eigenvalue weighted by Crippen LogP contribution is 2.32. The normalized spacial score (nSPS) is 16.4. The molecule has 0 spiro atoms. The number of carbonyl (C=O) groups is 1. The largest absolute Gasteiger partial charge is 0.454 e. The standard InChI is InChI=1S/C20H23N3O4/c24-20(27-21-13-16-4-2-1-3-5-16)23-10-8-22(9-11-23)14-17-6-7-18-19(12-17)26-15-25-18/h1-7,12,21H,8-11,13-15H2. The molecule has 0 aromatic heterocycles. The van der Waals surface area contributed by atoms with E-state index in [0.717, 1.165) is 36.7 Å². The molecule has 0 aliphatic carbocycles. The van der Waals surface area contributed by atoms with Gasteiger partial charge in [-0.25, -0.2) is 4.79 Å². The smallest absolute Gasteiger partial charge is 0.428 e. The molecule has 0 radical (unpaired) electrons. The van der Waals surface area contributed by atoms with Gasteiger partial charge in [-0.1, -0.05) is 36.4 Å². The number of benzene rings is 2. The van der Waals surface area contributed by atoms with Crippen molar-refractivity contribution in [2.75, 3.05) is 33.0 Å². The van der Waals surface area contributed by atoms with E-state index in [1.807, 2.05) is 42.5 Å². The summed E-state index contributed by atoms with van der Waals surface area (Å²) in [5, 5.41) is 0. The van der Waals surface area contributed by atoms with E-state index in [1.54, 1.807) is 4.90 Å². The van der Waals surface area contributed by atoms with Crippen LogP contribution in [0.15, 0.2) is 48.5 Å². The molecule has 0 bridgehead atoms. The third-order valence-electron chi connectivity index (χ3n) is 4.75. The Morgan fingerprint density at radius 2 is 1.74 bits per heavy atom. The van der Waals surface area contributed by atoms with Gasteiger partial charge in [0, 0.05) is 32.7 Å². The number of rotatable bonds is 5. The lowest BCUT2D eigenvalue weighted by Gasteiger charge is -2.33. The minimum atomic E-state index is -0.325. The van der Waals surface area contributed by atoms with E-state index in [1.165, 1.54) is 5.56 Å². The first-order valence-electron chi connectivity index (χ1n) is 9.11. The maximum absolute atomic E-state index is 12.2. The zero-order valence-electron chi connectivity index (χ0n) is 15.1. The second-order valence-electron chi connectivity index (χ2n) is 6.63. The summed E-state index contributed by atoms with van der Waals surface area (Å²) in [6, 6.07) is 15.9. The topological polar surface area (TPSA) is 63.3 Å². The van der Waals surface area contributed by atoms with Gasteiger partial charge in [-0.2, -0.15) is 0 Å². The summed E-state index contributed by atoms with van der Waals surface area (Å²) in [5.41, 5.74) is 4.99. The van der Waals surface area contributed by atoms with E-state index in [9.17, 15) is 4.79 Å². The van der Waals surface area contributed by atoms with Crippen LogP contribution in [-0.2, 0) is 17.9 Å². The molecule has 2 aliphatic rings. The Labute approximate surface area is 158 Å².